The highest BCUT2D eigenvalue weighted by atomic mass is 35.5. The molecular weight excluding hydrogens is 379 g/mol. The normalized spacial score (nSPS) is 24.2. The molecule has 2 bridgehead atoms. The van der Waals surface area contributed by atoms with E-state index in [9.17, 15) is 21.6 Å². The number of hydrogen-bond acceptors (Lipinski definition) is 4. The molecule has 0 saturated carbocycles. The molecule has 1 aromatic rings. The molecule has 3 rings (SSSR count). The fourth-order valence-electron chi connectivity index (χ4n) is 3.47. The average molecular weight is 396 g/mol. The number of sulfonamides is 1. The number of nitrogens with one attached hydrogen (secondary N) is 1. The molecule has 0 radical (unpaired) electrons. The first-order chi connectivity index (χ1) is 11.2. The average Bonchev–Trinajstić information content (AvgIpc) is 2.79. The van der Waals surface area contributed by atoms with Crippen LogP contribution >= 0.6 is 12.4 Å². The van der Waals surface area contributed by atoms with Crippen LogP contribution in [0.25, 0.3) is 0 Å². The Morgan fingerprint density at radius 2 is 1.88 bits per heavy atom. The number of rotatable bonds is 2. The highest BCUT2D eigenvalue weighted by molar-refractivity contribution is 7.89. The van der Waals surface area contributed by atoms with Gasteiger partial charge in [0.25, 0.3) is 0 Å². The van der Waals surface area contributed by atoms with Crippen LogP contribution < -0.4 is 5.32 Å². The van der Waals surface area contributed by atoms with E-state index >= 15 is 0 Å². The van der Waals surface area contributed by atoms with Crippen molar-refractivity contribution in [3.63, 3.8) is 0 Å². The fraction of sp³-hybridized carbons (Fsp3) is 0.533. The molecule has 10 heteroatoms. The lowest BCUT2D eigenvalue weighted by Crippen LogP contribution is -2.42. The first-order valence-corrected chi connectivity index (χ1v) is 9.05. The van der Waals surface area contributed by atoms with E-state index in [1.165, 1.54) is 10.4 Å². The SMILES string of the molecule is Cl.N#Cc1ccc(S(=O)(=O)N2C3CCNCC2CC3)cc1C(F)(F)F. The molecule has 2 atom stereocenters. The number of nitrogens with zero attached hydrogens (tertiary/aromatic N) is 2. The standard InChI is InChI=1S/C15H16F3N3O2S.ClH/c16-15(17,18)14-7-13(4-1-10(14)8-19)24(22,23)21-11-2-3-12(21)9-20-6-5-11;/h1,4,7,11-12,20H,2-3,5-6,9H2;1H. The van der Waals surface area contributed by atoms with Crippen molar-refractivity contribution in [2.45, 2.75) is 42.4 Å². The Balaban J connectivity index is 0.00000225. The van der Waals surface area contributed by atoms with Crippen LogP contribution in [0.2, 0.25) is 0 Å². The predicted octanol–water partition coefficient (Wildman–Crippen LogP) is 2.51. The summed E-state index contributed by atoms with van der Waals surface area (Å²) >= 11 is 0. The summed E-state index contributed by atoms with van der Waals surface area (Å²) in [5.41, 5.74) is -1.80. The Bertz CT molecular complexity index is 778. The summed E-state index contributed by atoms with van der Waals surface area (Å²) in [6.07, 6.45) is -2.73. The summed E-state index contributed by atoms with van der Waals surface area (Å²) in [5, 5.41) is 12.0. The summed E-state index contributed by atoms with van der Waals surface area (Å²) in [6.45, 7) is 1.19. The molecular formula is C15H17ClF3N3O2S. The van der Waals surface area contributed by atoms with Crippen LogP contribution in [0.15, 0.2) is 23.1 Å². The van der Waals surface area contributed by atoms with E-state index in [1.54, 1.807) is 0 Å². The van der Waals surface area contributed by atoms with E-state index in [2.05, 4.69) is 5.32 Å². The molecule has 2 aliphatic rings. The minimum absolute atomic E-state index is 0. The highest BCUT2D eigenvalue weighted by Gasteiger charge is 2.44. The zero-order valence-corrected chi connectivity index (χ0v) is 14.7. The number of fused-ring (bicyclic) bond motifs is 2. The molecule has 5 nitrogen and oxygen atoms in total. The maximum atomic E-state index is 13.1. The van der Waals surface area contributed by atoms with Crippen molar-refractivity contribution in [3.05, 3.63) is 29.3 Å². The zero-order valence-electron chi connectivity index (χ0n) is 13.1. The van der Waals surface area contributed by atoms with Gasteiger partial charge in [0.05, 0.1) is 22.1 Å². The Kier molecular flexibility index (Phi) is 5.68. The molecule has 2 heterocycles. The van der Waals surface area contributed by atoms with Crippen LogP contribution in [0.3, 0.4) is 0 Å². The molecule has 1 N–H and O–H groups in total. The first-order valence-electron chi connectivity index (χ1n) is 7.61. The predicted molar refractivity (Wildman–Crippen MR) is 86.7 cm³/mol. The minimum atomic E-state index is -4.78. The molecule has 1 aromatic carbocycles. The van der Waals surface area contributed by atoms with E-state index in [-0.39, 0.29) is 24.5 Å². The summed E-state index contributed by atoms with van der Waals surface area (Å²) in [7, 11) is -4.05. The largest absolute Gasteiger partial charge is 0.417 e. The van der Waals surface area contributed by atoms with Gasteiger partial charge in [-0.25, -0.2) is 8.42 Å². The Hall–Kier alpha value is -1.34. The summed E-state index contributed by atoms with van der Waals surface area (Å²) in [5.74, 6) is 0. The number of benzene rings is 1. The van der Waals surface area contributed by atoms with Crippen LogP contribution in [-0.4, -0.2) is 37.9 Å². The fourth-order valence-corrected chi connectivity index (χ4v) is 5.39. The maximum Gasteiger partial charge on any atom is 0.417 e. The third-order valence-corrected chi connectivity index (χ3v) is 6.58. The topological polar surface area (TPSA) is 73.2 Å². The molecule has 138 valence electrons. The lowest BCUT2D eigenvalue weighted by Gasteiger charge is -2.27. The second-order valence-corrected chi connectivity index (χ2v) is 7.87. The molecule has 2 saturated heterocycles. The number of nitriles is 1. The van der Waals surface area contributed by atoms with Crippen LogP contribution in [0, 0.1) is 11.3 Å². The second kappa shape index (κ2) is 7.11. The molecule has 25 heavy (non-hydrogen) atoms. The van der Waals surface area contributed by atoms with E-state index < -0.39 is 32.2 Å². The van der Waals surface area contributed by atoms with E-state index in [1.807, 2.05) is 0 Å². The van der Waals surface area contributed by atoms with Crippen molar-refractivity contribution in [2.75, 3.05) is 13.1 Å². The number of hydrogen-bond donors (Lipinski definition) is 1. The third kappa shape index (κ3) is 3.62. The first kappa shape index (κ1) is 20.0. The van der Waals surface area contributed by atoms with Gasteiger partial charge in [0.1, 0.15) is 0 Å². The van der Waals surface area contributed by atoms with Crippen LogP contribution in [0.5, 0.6) is 0 Å². The van der Waals surface area contributed by atoms with Gasteiger partial charge in [0.2, 0.25) is 10.0 Å². The Morgan fingerprint density at radius 1 is 1.20 bits per heavy atom. The van der Waals surface area contributed by atoms with Crippen molar-refractivity contribution < 1.29 is 21.6 Å². The monoisotopic (exact) mass is 395 g/mol. The van der Waals surface area contributed by atoms with Gasteiger partial charge in [-0.2, -0.15) is 22.7 Å². The summed E-state index contributed by atoms with van der Waals surface area (Å²) in [6, 6.07) is 3.61. The van der Waals surface area contributed by atoms with Crippen molar-refractivity contribution in [1.82, 2.24) is 9.62 Å². The maximum absolute atomic E-state index is 13.1. The third-order valence-electron chi connectivity index (χ3n) is 4.58. The van der Waals surface area contributed by atoms with Gasteiger partial charge in [-0.3, -0.25) is 0 Å². The zero-order chi connectivity index (χ0) is 17.5. The Labute approximate surface area is 150 Å². The van der Waals surface area contributed by atoms with Crippen molar-refractivity contribution in [3.8, 4) is 6.07 Å². The van der Waals surface area contributed by atoms with E-state index in [0.29, 0.717) is 38.4 Å². The van der Waals surface area contributed by atoms with Crippen molar-refractivity contribution in [2.24, 2.45) is 0 Å². The number of halogens is 4. The van der Waals surface area contributed by atoms with Gasteiger partial charge in [0.15, 0.2) is 0 Å². The van der Waals surface area contributed by atoms with Crippen molar-refractivity contribution >= 4 is 22.4 Å². The molecule has 2 unspecified atom stereocenters. The van der Waals surface area contributed by atoms with E-state index in [0.717, 1.165) is 12.1 Å². The minimum Gasteiger partial charge on any atom is -0.315 e. The van der Waals surface area contributed by atoms with Crippen LogP contribution in [0.1, 0.15) is 30.4 Å². The lowest BCUT2D eigenvalue weighted by atomic mass is 10.1. The van der Waals surface area contributed by atoms with Gasteiger partial charge >= 0.3 is 6.18 Å². The van der Waals surface area contributed by atoms with Gasteiger partial charge in [-0.1, -0.05) is 0 Å². The van der Waals surface area contributed by atoms with Gasteiger partial charge < -0.3 is 5.32 Å². The molecule has 0 spiro atoms. The summed E-state index contributed by atoms with van der Waals surface area (Å²) in [4.78, 5) is -0.410. The number of alkyl halides is 3. The van der Waals surface area contributed by atoms with Crippen LogP contribution in [0.4, 0.5) is 13.2 Å². The van der Waals surface area contributed by atoms with Crippen molar-refractivity contribution in [1.29, 1.82) is 5.26 Å². The molecule has 0 aromatic heterocycles. The smallest absolute Gasteiger partial charge is 0.315 e. The lowest BCUT2D eigenvalue weighted by molar-refractivity contribution is -0.137. The molecule has 2 aliphatic heterocycles. The van der Waals surface area contributed by atoms with E-state index in [4.69, 9.17) is 5.26 Å². The molecule has 0 aliphatic carbocycles. The van der Waals surface area contributed by atoms with Gasteiger partial charge in [-0.05, 0) is 44.0 Å². The van der Waals surface area contributed by atoms with Crippen LogP contribution in [-0.2, 0) is 16.2 Å². The van der Waals surface area contributed by atoms with Gasteiger partial charge in [-0.15, -0.1) is 12.4 Å². The second-order valence-electron chi connectivity index (χ2n) is 6.03. The molecule has 0 amide bonds. The highest BCUT2D eigenvalue weighted by Crippen LogP contribution is 2.37. The van der Waals surface area contributed by atoms with Gasteiger partial charge in [0, 0.05) is 18.6 Å². The molecule has 2 fully saturated rings. The Morgan fingerprint density at radius 3 is 2.52 bits per heavy atom. The summed E-state index contributed by atoms with van der Waals surface area (Å²) < 4.78 is 66.5. The quantitative estimate of drug-likeness (QED) is 0.835.